The molecule has 10 heteroatoms. The van der Waals surface area contributed by atoms with Crippen LogP contribution in [0.1, 0.15) is 43.2 Å². The number of amides is 1. The first-order chi connectivity index (χ1) is 14.9. The van der Waals surface area contributed by atoms with Crippen LogP contribution in [0.2, 0.25) is 5.02 Å². The molecule has 1 aromatic carbocycles. The van der Waals surface area contributed by atoms with Crippen molar-refractivity contribution >= 4 is 29.0 Å². The predicted octanol–water partition coefficient (Wildman–Crippen LogP) is 3.38. The molecule has 1 aliphatic rings. The molecule has 2 heterocycles. The number of carbonyl (C=O) groups is 1. The standard InChI is InChI=1S/C22H26ClF2N5O2/c1-20(2)19(26)30-21(3,12-22(20,32)28-9-8-24)15-10-14(5-6-16(15)25)29-18(31)17-7-4-13(23)11-27-17/h4-7,10-11,28,32H,8-9,12H2,1-3H3,(H2,26,30)(H,29,31)/t21-,22-/m0/s1. The summed E-state index contributed by atoms with van der Waals surface area (Å²) in [5.74, 6) is -0.989. The average molecular weight is 466 g/mol. The molecule has 7 nitrogen and oxygen atoms in total. The highest BCUT2D eigenvalue weighted by Crippen LogP contribution is 2.47. The molecule has 1 amide bonds. The van der Waals surface area contributed by atoms with Crippen LogP contribution in [0.4, 0.5) is 14.5 Å². The summed E-state index contributed by atoms with van der Waals surface area (Å²) in [7, 11) is 0. The summed E-state index contributed by atoms with van der Waals surface area (Å²) in [6.45, 7) is 4.20. The van der Waals surface area contributed by atoms with Crippen LogP contribution in [0, 0.1) is 11.2 Å². The van der Waals surface area contributed by atoms with Gasteiger partial charge >= 0.3 is 0 Å². The Bertz CT molecular complexity index is 1050. The van der Waals surface area contributed by atoms with Crippen LogP contribution in [0.15, 0.2) is 41.5 Å². The van der Waals surface area contributed by atoms with Crippen LogP contribution in [-0.4, -0.2) is 40.8 Å². The van der Waals surface area contributed by atoms with E-state index in [0.717, 1.165) is 0 Å². The minimum Gasteiger partial charge on any atom is -0.387 e. The van der Waals surface area contributed by atoms with Gasteiger partial charge in [-0.05, 0) is 51.1 Å². The van der Waals surface area contributed by atoms with Crippen LogP contribution in [0.5, 0.6) is 0 Å². The zero-order valence-corrected chi connectivity index (χ0v) is 18.8. The second-order valence-corrected chi connectivity index (χ2v) is 9.00. The van der Waals surface area contributed by atoms with Crippen molar-refractivity contribution in [1.29, 1.82) is 0 Å². The number of aromatic nitrogens is 1. The Kier molecular flexibility index (Phi) is 6.55. The number of hydrogen-bond donors (Lipinski definition) is 4. The van der Waals surface area contributed by atoms with E-state index in [0.29, 0.717) is 10.7 Å². The molecule has 3 rings (SSSR count). The largest absolute Gasteiger partial charge is 0.387 e. The van der Waals surface area contributed by atoms with E-state index in [1.165, 1.54) is 36.5 Å². The smallest absolute Gasteiger partial charge is 0.274 e. The number of anilines is 1. The van der Waals surface area contributed by atoms with Crippen LogP contribution in [-0.2, 0) is 5.54 Å². The number of aliphatic imine (C=N–C) groups is 1. The zero-order chi connectivity index (χ0) is 23.7. The summed E-state index contributed by atoms with van der Waals surface area (Å²) in [6.07, 6.45) is 1.28. The van der Waals surface area contributed by atoms with Crippen LogP contribution >= 0.6 is 11.6 Å². The molecule has 0 fully saturated rings. The van der Waals surface area contributed by atoms with Crippen LogP contribution < -0.4 is 16.4 Å². The van der Waals surface area contributed by atoms with Gasteiger partial charge in [0.15, 0.2) is 0 Å². The number of amidine groups is 1. The van der Waals surface area contributed by atoms with Gasteiger partial charge in [0.2, 0.25) is 0 Å². The third kappa shape index (κ3) is 4.46. The second-order valence-electron chi connectivity index (χ2n) is 8.56. The average Bonchev–Trinajstić information content (AvgIpc) is 2.72. The molecule has 32 heavy (non-hydrogen) atoms. The molecular weight excluding hydrogens is 440 g/mol. The Morgan fingerprint density at radius 3 is 2.62 bits per heavy atom. The summed E-state index contributed by atoms with van der Waals surface area (Å²) in [5, 5.41) is 17.2. The fraction of sp³-hybridized carbons (Fsp3) is 0.409. The minimum atomic E-state index is -1.64. The number of nitrogens with one attached hydrogen (secondary N) is 2. The third-order valence-corrected chi connectivity index (χ3v) is 6.14. The molecule has 1 aromatic heterocycles. The highest BCUT2D eigenvalue weighted by molar-refractivity contribution is 6.30. The van der Waals surface area contributed by atoms with Gasteiger partial charge in [-0.15, -0.1) is 0 Å². The number of nitrogens with zero attached hydrogens (tertiary/aromatic N) is 2. The molecule has 0 bridgehead atoms. The van der Waals surface area contributed by atoms with Gasteiger partial charge in [0.1, 0.15) is 29.7 Å². The number of nitrogens with two attached hydrogens (primary N) is 1. The van der Waals surface area contributed by atoms with Gasteiger partial charge in [0.05, 0.1) is 16.0 Å². The van der Waals surface area contributed by atoms with Gasteiger partial charge in [0.25, 0.3) is 5.91 Å². The molecular formula is C22H26ClF2N5O2. The van der Waals surface area contributed by atoms with E-state index in [2.05, 4.69) is 20.6 Å². The Hall–Kier alpha value is -2.62. The lowest BCUT2D eigenvalue weighted by molar-refractivity contribution is -0.0928. The molecule has 0 saturated carbocycles. The number of carbonyl (C=O) groups excluding carboxylic acids is 1. The Morgan fingerprint density at radius 1 is 1.28 bits per heavy atom. The highest BCUT2D eigenvalue weighted by atomic mass is 35.5. The predicted molar refractivity (Wildman–Crippen MR) is 120 cm³/mol. The Balaban J connectivity index is 1.97. The van der Waals surface area contributed by atoms with Gasteiger partial charge < -0.3 is 16.2 Å². The summed E-state index contributed by atoms with van der Waals surface area (Å²) in [4.78, 5) is 21.0. The first-order valence-corrected chi connectivity index (χ1v) is 10.4. The molecule has 2 atom stereocenters. The van der Waals surface area contributed by atoms with Crippen molar-refractivity contribution in [3.63, 3.8) is 0 Å². The van der Waals surface area contributed by atoms with E-state index < -0.39 is 35.1 Å². The molecule has 5 N–H and O–H groups in total. The fourth-order valence-electron chi connectivity index (χ4n) is 3.79. The molecule has 0 spiro atoms. The highest BCUT2D eigenvalue weighted by Gasteiger charge is 2.54. The Morgan fingerprint density at radius 2 is 2.00 bits per heavy atom. The van der Waals surface area contributed by atoms with E-state index >= 15 is 0 Å². The van der Waals surface area contributed by atoms with Gasteiger partial charge in [-0.2, -0.15) is 0 Å². The molecule has 0 aliphatic carbocycles. The summed E-state index contributed by atoms with van der Waals surface area (Å²) in [6, 6.07) is 7.05. The minimum absolute atomic E-state index is 0.0687. The summed E-state index contributed by atoms with van der Waals surface area (Å²) < 4.78 is 27.8. The molecule has 0 radical (unpaired) electrons. The maximum Gasteiger partial charge on any atom is 0.274 e. The van der Waals surface area contributed by atoms with Gasteiger partial charge in [-0.3, -0.25) is 15.1 Å². The Labute approximate surface area is 190 Å². The van der Waals surface area contributed by atoms with Gasteiger partial charge in [0, 0.05) is 30.4 Å². The first kappa shape index (κ1) is 24.0. The topological polar surface area (TPSA) is 113 Å². The SMILES string of the molecule is CC1(C)C(N)=N[C@](C)(c2cc(NC(=O)c3ccc(Cl)cn3)ccc2F)C[C@@]1(O)NCCF. The molecule has 2 aromatic rings. The van der Waals surface area contributed by atoms with Crippen LogP contribution in [0.25, 0.3) is 0 Å². The zero-order valence-electron chi connectivity index (χ0n) is 18.0. The number of hydrogen-bond acceptors (Lipinski definition) is 6. The van der Waals surface area contributed by atoms with Crippen molar-refractivity contribution < 1.29 is 18.7 Å². The summed E-state index contributed by atoms with van der Waals surface area (Å²) >= 11 is 5.80. The van der Waals surface area contributed by atoms with Crippen molar-refractivity contribution in [2.75, 3.05) is 18.5 Å². The van der Waals surface area contributed by atoms with Crippen molar-refractivity contribution in [2.24, 2.45) is 16.1 Å². The number of aliphatic hydroxyl groups is 1. The van der Waals surface area contributed by atoms with Crippen molar-refractivity contribution in [3.8, 4) is 0 Å². The number of halogens is 3. The maximum atomic E-state index is 14.9. The molecule has 1 aliphatic heterocycles. The lowest BCUT2D eigenvalue weighted by Gasteiger charge is -2.50. The number of alkyl halides is 1. The van der Waals surface area contributed by atoms with E-state index in [1.54, 1.807) is 20.8 Å². The monoisotopic (exact) mass is 465 g/mol. The third-order valence-electron chi connectivity index (χ3n) is 5.92. The normalized spacial score (nSPS) is 24.7. The maximum absolute atomic E-state index is 14.9. The lowest BCUT2D eigenvalue weighted by Crippen LogP contribution is -2.66. The fourth-order valence-corrected chi connectivity index (χ4v) is 3.90. The number of pyridine rings is 1. The summed E-state index contributed by atoms with van der Waals surface area (Å²) in [5.41, 5.74) is 2.80. The van der Waals surface area contributed by atoms with Crippen LogP contribution in [0.3, 0.4) is 0 Å². The van der Waals surface area contributed by atoms with E-state index in [4.69, 9.17) is 17.3 Å². The first-order valence-electron chi connectivity index (χ1n) is 10.0. The molecule has 0 saturated heterocycles. The van der Waals surface area contributed by atoms with Crippen molar-refractivity contribution in [2.45, 2.75) is 38.5 Å². The van der Waals surface area contributed by atoms with Gasteiger partial charge in [-0.1, -0.05) is 11.6 Å². The van der Waals surface area contributed by atoms with E-state index in [9.17, 15) is 18.7 Å². The second kappa shape index (κ2) is 8.73. The number of benzene rings is 1. The van der Waals surface area contributed by atoms with Crippen molar-refractivity contribution in [3.05, 3.63) is 58.6 Å². The van der Waals surface area contributed by atoms with Gasteiger partial charge in [-0.25, -0.2) is 13.8 Å². The molecule has 172 valence electrons. The van der Waals surface area contributed by atoms with E-state index in [-0.39, 0.29) is 30.1 Å². The quantitative estimate of drug-likeness (QED) is 0.488. The lowest BCUT2D eigenvalue weighted by atomic mass is 9.68. The molecule has 0 unspecified atom stereocenters. The van der Waals surface area contributed by atoms with E-state index in [1.807, 2.05) is 0 Å². The number of rotatable bonds is 6. The van der Waals surface area contributed by atoms with Crippen molar-refractivity contribution in [1.82, 2.24) is 10.3 Å².